The maximum atomic E-state index is 13.3. The normalized spacial score (nSPS) is 26.2. The lowest BCUT2D eigenvalue weighted by Gasteiger charge is -2.35. The molecule has 1 aromatic rings. The van der Waals surface area contributed by atoms with Crippen LogP contribution in [0.2, 0.25) is 0 Å². The molecule has 1 aliphatic carbocycles. The molecule has 0 aromatic heterocycles. The summed E-state index contributed by atoms with van der Waals surface area (Å²) in [6.45, 7) is 3.20. The molecular formula is C20H28FN3O3. The lowest BCUT2D eigenvalue weighted by Crippen LogP contribution is -2.49. The number of carbonyl (C=O) groups is 2. The number of rotatable bonds is 5. The van der Waals surface area contributed by atoms with Crippen molar-refractivity contribution >= 4 is 11.8 Å². The Balaban J connectivity index is 1.75. The van der Waals surface area contributed by atoms with Crippen LogP contribution in [0.5, 0.6) is 0 Å². The van der Waals surface area contributed by atoms with E-state index in [9.17, 15) is 14.0 Å². The van der Waals surface area contributed by atoms with Crippen LogP contribution in [0.4, 0.5) is 4.39 Å². The van der Waals surface area contributed by atoms with Crippen molar-refractivity contribution in [1.29, 1.82) is 0 Å². The Labute approximate surface area is 159 Å². The Morgan fingerprint density at radius 2 is 1.81 bits per heavy atom. The van der Waals surface area contributed by atoms with E-state index in [1.807, 2.05) is 4.90 Å². The maximum absolute atomic E-state index is 13.3. The highest BCUT2D eigenvalue weighted by atomic mass is 19.1. The van der Waals surface area contributed by atoms with Crippen LogP contribution in [0.1, 0.15) is 24.3 Å². The summed E-state index contributed by atoms with van der Waals surface area (Å²) >= 11 is 0. The molecule has 3 rings (SSSR count). The molecule has 7 heteroatoms. The number of amides is 2. The van der Waals surface area contributed by atoms with Gasteiger partial charge >= 0.3 is 0 Å². The van der Waals surface area contributed by atoms with E-state index in [0.29, 0.717) is 12.8 Å². The number of ether oxygens (including phenoxy) is 1. The molecule has 0 spiro atoms. The van der Waals surface area contributed by atoms with Gasteiger partial charge in [0.1, 0.15) is 12.4 Å². The minimum Gasteiger partial charge on any atom is -0.375 e. The number of hydrogen-bond donors (Lipinski definition) is 1. The molecule has 1 aromatic carbocycles. The second-order valence-corrected chi connectivity index (χ2v) is 7.56. The van der Waals surface area contributed by atoms with E-state index in [4.69, 9.17) is 4.74 Å². The number of methoxy groups -OCH3 is 1. The molecule has 1 saturated heterocycles. The maximum Gasteiger partial charge on any atom is 0.246 e. The Bertz CT molecular complexity index is 659. The standard InChI is InChI=1S/C20H28FN3O3/c1-23-7-9-24(10-8-23)20(26)18-12-16(22-19(25)13-27-2)11-17(18)14-3-5-15(21)6-4-14/h3-6,16-18H,7-13H2,1-2H3,(H,22,25)/t16-,17+,18-/m0/s1. The van der Waals surface area contributed by atoms with Crippen LogP contribution in [0.15, 0.2) is 24.3 Å². The Morgan fingerprint density at radius 1 is 1.15 bits per heavy atom. The van der Waals surface area contributed by atoms with E-state index in [-0.39, 0.29) is 42.1 Å². The number of likely N-dealkylation sites (N-methyl/N-ethyl adjacent to an activating group) is 1. The van der Waals surface area contributed by atoms with Gasteiger partial charge in [0.2, 0.25) is 11.8 Å². The van der Waals surface area contributed by atoms with Crippen molar-refractivity contribution in [2.45, 2.75) is 24.8 Å². The number of piperazine rings is 1. The molecule has 1 N–H and O–H groups in total. The summed E-state index contributed by atoms with van der Waals surface area (Å²) in [5.74, 6) is -0.546. The van der Waals surface area contributed by atoms with Crippen molar-refractivity contribution in [2.24, 2.45) is 5.92 Å². The van der Waals surface area contributed by atoms with E-state index >= 15 is 0 Å². The minimum atomic E-state index is -0.288. The van der Waals surface area contributed by atoms with Crippen LogP contribution in [-0.2, 0) is 14.3 Å². The van der Waals surface area contributed by atoms with Crippen molar-refractivity contribution in [3.8, 4) is 0 Å². The van der Waals surface area contributed by atoms with Crippen LogP contribution in [0.25, 0.3) is 0 Å². The predicted octanol–water partition coefficient (Wildman–Crippen LogP) is 1.22. The average molecular weight is 377 g/mol. The molecule has 1 heterocycles. The van der Waals surface area contributed by atoms with Crippen LogP contribution in [-0.4, -0.2) is 74.6 Å². The fourth-order valence-corrected chi connectivity index (χ4v) is 4.17. The monoisotopic (exact) mass is 377 g/mol. The van der Waals surface area contributed by atoms with Crippen molar-refractivity contribution in [1.82, 2.24) is 15.1 Å². The molecule has 6 nitrogen and oxygen atoms in total. The zero-order valence-electron chi connectivity index (χ0n) is 16.0. The quantitative estimate of drug-likeness (QED) is 0.838. The Hall–Kier alpha value is -1.99. The summed E-state index contributed by atoms with van der Waals surface area (Å²) in [6, 6.07) is 6.30. The number of nitrogens with one attached hydrogen (secondary N) is 1. The third-order valence-corrected chi connectivity index (χ3v) is 5.63. The third kappa shape index (κ3) is 4.84. The molecule has 3 atom stereocenters. The predicted molar refractivity (Wildman–Crippen MR) is 99.7 cm³/mol. The molecular weight excluding hydrogens is 349 g/mol. The van der Waals surface area contributed by atoms with Gasteiger partial charge in [-0.05, 0) is 43.5 Å². The van der Waals surface area contributed by atoms with E-state index in [0.717, 1.165) is 31.7 Å². The van der Waals surface area contributed by atoms with Gasteiger partial charge in [0, 0.05) is 45.2 Å². The number of hydrogen-bond acceptors (Lipinski definition) is 4. The second kappa shape index (κ2) is 8.80. The van der Waals surface area contributed by atoms with Gasteiger partial charge < -0.3 is 19.9 Å². The largest absolute Gasteiger partial charge is 0.375 e. The zero-order valence-corrected chi connectivity index (χ0v) is 16.0. The number of benzene rings is 1. The molecule has 148 valence electrons. The van der Waals surface area contributed by atoms with E-state index < -0.39 is 0 Å². The van der Waals surface area contributed by atoms with Gasteiger partial charge in [-0.25, -0.2) is 4.39 Å². The molecule has 0 unspecified atom stereocenters. The summed E-state index contributed by atoms with van der Waals surface area (Å²) in [5.41, 5.74) is 0.951. The third-order valence-electron chi connectivity index (χ3n) is 5.63. The highest BCUT2D eigenvalue weighted by molar-refractivity contribution is 5.81. The summed E-state index contributed by atoms with van der Waals surface area (Å²) in [5, 5.41) is 2.97. The van der Waals surface area contributed by atoms with Gasteiger partial charge in [0.25, 0.3) is 0 Å². The first-order valence-corrected chi connectivity index (χ1v) is 9.49. The molecule has 0 radical (unpaired) electrons. The Kier molecular flexibility index (Phi) is 6.44. The fourth-order valence-electron chi connectivity index (χ4n) is 4.17. The van der Waals surface area contributed by atoms with E-state index in [1.165, 1.54) is 19.2 Å². The number of halogens is 1. The smallest absolute Gasteiger partial charge is 0.246 e. The molecule has 2 amide bonds. The van der Waals surface area contributed by atoms with Gasteiger partial charge in [-0.3, -0.25) is 9.59 Å². The van der Waals surface area contributed by atoms with Crippen LogP contribution in [0, 0.1) is 11.7 Å². The van der Waals surface area contributed by atoms with Gasteiger partial charge in [-0.2, -0.15) is 0 Å². The highest BCUT2D eigenvalue weighted by Crippen LogP contribution is 2.41. The lowest BCUT2D eigenvalue weighted by molar-refractivity contribution is -0.137. The molecule has 2 fully saturated rings. The van der Waals surface area contributed by atoms with Crippen molar-refractivity contribution in [3.63, 3.8) is 0 Å². The summed E-state index contributed by atoms with van der Waals surface area (Å²) in [4.78, 5) is 29.3. The highest BCUT2D eigenvalue weighted by Gasteiger charge is 2.42. The first-order chi connectivity index (χ1) is 13.0. The minimum absolute atomic E-state index is 0.00872. The first kappa shape index (κ1) is 19.8. The van der Waals surface area contributed by atoms with Crippen LogP contribution >= 0.6 is 0 Å². The lowest BCUT2D eigenvalue weighted by atomic mass is 9.88. The molecule has 1 saturated carbocycles. The average Bonchev–Trinajstić information content (AvgIpc) is 3.06. The number of nitrogens with zero attached hydrogens (tertiary/aromatic N) is 2. The SMILES string of the molecule is COCC(=O)N[C@@H]1C[C@H](C(=O)N2CCN(C)CC2)[C@@H](c2ccc(F)cc2)C1. The van der Waals surface area contributed by atoms with Gasteiger partial charge in [-0.1, -0.05) is 12.1 Å². The van der Waals surface area contributed by atoms with Gasteiger partial charge in [0.15, 0.2) is 0 Å². The van der Waals surface area contributed by atoms with Crippen molar-refractivity contribution < 1.29 is 18.7 Å². The van der Waals surface area contributed by atoms with Gasteiger partial charge in [0.05, 0.1) is 0 Å². The fraction of sp³-hybridized carbons (Fsp3) is 0.600. The zero-order chi connectivity index (χ0) is 19.4. The van der Waals surface area contributed by atoms with Gasteiger partial charge in [-0.15, -0.1) is 0 Å². The summed E-state index contributed by atoms with van der Waals surface area (Å²) in [7, 11) is 3.54. The summed E-state index contributed by atoms with van der Waals surface area (Å²) in [6.07, 6.45) is 1.27. The van der Waals surface area contributed by atoms with Crippen molar-refractivity contribution in [3.05, 3.63) is 35.6 Å². The van der Waals surface area contributed by atoms with Crippen LogP contribution in [0.3, 0.4) is 0 Å². The molecule has 0 bridgehead atoms. The topological polar surface area (TPSA) is 61.9 Å². The molecule has 1 aliphatic heterocycles. The first-order valence-electron chi connectivity index (χ1n) is 9.49. The van der Waals surface area contributed by atoms with E-state index in [1.54, 1.807) is 12.1 Å². The van der Waals surface area contributed by atoms with Crippen LogP contribution < -0.4 is 5.32 Å². The number of carbonyl (C=O) groups excluding carboxylic acids is 2. The molecule has 2 aliphatic rings. The van der Waals surface area contributed by atoms with Crippen molar-refractivity contribution in [2.75, 3.05) is 46.9 Å². The van der Waals surface area contributed by atoms with E-state index in [2.05, 4.69) is 17.3 Å². The summed E-state index contributed by atoms with van der Waals surface area (Å²) < 4.78 is 18.2. The molecule has 27 heavy (non-hydrogen) atoms. The Morgan fingerprint density at radius 3 is 2.44 bits per heavy atom. The second-order valence-electron chi connectivity index (χ2n) is 7.56.